The van der Waals surface area contributed by atoms with Crippen molar-refractivity contribution in [3.63, 3.8) is 0 Å². The molecule has 0 bridgehead atoms. The SMILES string of the molecule is c1ccc(C2(c3ccccc3)c3ccccc3-c3ccc(-c4ccc(-c5ccc6c(c5)-c5cccc7cccc(c57)O6)c5ccccc45)cc32)cc1. The van der Waals surface area contributed by atoms with E-state index in [1.807, 2.05) is 0 Å². The van der Waals surface area contributed by atoms with Gasteiger partial charge in [0.2, 0.25) is 0 Å². The van der Waals surface area contributed by atoms with E-state index in [0.717, 1.165) is 17.1 Å². The molecule has 0 saturated heterocycles. The number of hydrogen-bond acceptors (Lipinski definition) is 1. The van der Waals surface area contributed by atoms with E-state index in [1.54, 1.807) is 0 Å². The first-order chi connectivity index (χ1) is 25.8. The van der Waals surface area contributed by atoms with Gasteiger partial charge in [-0.3, -0.25) is 0 Å². The van der Waals surface area contributed by atoms with Crippen LogP contribution in [0.15, 0.2) is 194 Å². The lowest BCUT2D eigenvalue weighted by Crippen LogP contribution is -2.28. The van der Waals surface area contributed by atoms with Crippen molar-refractivity contribution < 1.29 is 4.74 Å². The molecule has 0 amide bonds. The highest BCUT2D eigenvalue weighted by Gasteiger charge is 2.46. The molecular weight excluding hydrogens is 629 g/mol. The fourth-order valence-electron chi connectivity index (χ4n) is 9.15. The lowest BCUT2D eigenvalue weighted by atomic mass is 9.67. The predicted molar refractivity (Wildman–Crippen MR) is 215 cm³/mol. The Morgan fingerprint density at radius 2 is 0.885 bits per heavy atom. The maximum absolute atomic E-state index is 6.45. The summed E-state index contributed by atoms with van der Waals surface area (Å²) >= 11 is 0. The number of ether oxygens (including phenoxy) is 1. The molecule has 0 saturated carbocycles. The fraction of sp³-hybridized carbons (Fsp3) is 0.0196. The predicted octanol–water partition coefficient (Wildman–Crippen LogP) is 13.5. The molecule has 11 rings (SSSR count). The minimum Gasteiger partial charge on any atom is -0.456 e. The summed E-state index contributed by atoms with van der Waals surface area (Å²) in [5, 5.41) is 4.84. The third-order valence-corrected chi connectivity index (χ3v) is 11.4. The smallest absolute Gasteiger partial charge is 0.135 e. The Bertz CT molecular complexity index is 2820. The van der Waals surface area contributed by atoms with Crippen LogP contribution in [0.3, 0.4) is 0 Å². The Morgan fingerprint density at radius 3 is 1.62 bits per heavy atom. The number of rotatable bonds is 4. The van der Waals surface area contributed by atoms with Gasteiger partial charge in [-0.15, -0.1) is 0 Å². The van der Waals surface area contributed by atoms with Crippen molar-refractivity contribution in [2.45, 2.75) is 5.41 Å². The van der Waals surface area contributed by atoms with E-state index >= 15 is 0 Å². The molecule has 0 fully saturated rings. The van der Waals surface area contributed by atoms with E-state index in [4.69, 9.17) is 4.74 Å². The van der Waals surface area contributed by atoms with Gasteiger partial charge in [0, 0.05) is 10.9 Å². The summed E-state index contributed by atoms with van der Waals surface area (Å²) in [6, 6.07) is 71.1. The summed E-state index contributed by atoms with van der Waals surface area (Å²) in [4.78, 5) is 0. The summed E-state index contributed by atoms with van der Waals surface area (Å²) in [5.41, 5.74) is 14.5. The van der Waals surface area contributed by atoms with Crippen LogP contribution < -0.4 is 4.74 Å². The molecule has 1 heterocycles. The number of fused-ring (bicyclic) bond motifs is 6. The topological polar surface area (TPSA) is 9.23 Å². The minimum atomic E-state index is -0.438. The zero-order valence-electron chi connectivity index (χ0n) is 28.4. The van der Waals surface area contributed by atoms with Gasteiger partial charge in [0.15, 0.2) is 0 Å². The lowest BCUT2D eigenvalue weighted by Gasteiger charge is -2.34. The highest BCUT2D eigenvalue weighted by molar-refractivity contribution is 6.08. The Morgan fingerprint density at radius 1 is 0.327 bits per heavy atom. The van der Waals surface area contributed by atoms with E-state index in [-0.39, 0.29) is 0 Å². The van der Waals surface area contributed by atoms with Crippen LogP contribution in [0.1, 0.15) is 22.3 Å². The second-order valence-electron chi connectivity index (χ2n) is 14.0. The van der Waals surface area contributed by atoms with Crippen molar-refractivity contribution in [2.75, 3.05) is 0 Å². The zero-order valence-corrected chi connectivity index (χ0v) is 28.4. The summed E-state index contributed by atoms with van der Waals surface area (Å²) in [5.74, 6) is 1.82. The first-order valence-corrected chi connectivity index (χ1v) is 18.0. The van der Waals surface area contributed by atoms with E-state index < -0.39 is 5.41 Å². The molecule has 242 valence electrons. The van der Waals surface area contributed by atoms with Crippen molar-refractivity contribution >= 4 is 21.5 Å². The summed E-state index contributed by atoms with van der Waals surface area (Å²) < 4.78 is 6.45. The highest BCUT2D eigenvalue weighted by atomic mass is 16.5. The summed E-state index contributed by atoms with van der Waals surface area (Å²) in [6.45, 7) is 0. The first kappa shape index (κ1) is 29.1. The van der Waals surface area contributed by atoms with Crippen LogP contribution in [0.2, 0.25) is 0 Å². The van der Waals surface area contributed by atoms with Crippen LogP contribution in [0.5, 0.6) is 11.5 Å². The first-order valence-electron chi connectivity index (χ1n) is 18.0. The van der Waals surface area contributed by atoms with Gasteiger partial charge in [-0.25, -0.2) is 0 Å². The fourth-order valence-corrected chi connectivity index (χ4v) is 9.15. The van der Waals surface area contributed by atoms with Gasteiger partial charge in [-0.05, 0) is 102 Å². The normalized spacial score (nSPS) is 13.3. The van der Waals surface area contributed by atoms with Crippen LogP contribution in [-0.4, -0.2) is 0 Å². The van der Waals surface area contributed by atoms with Gasteiger partial charge in [0.1, 0.15) is 11.5 Å². The lowest BCUT2D eigenvalue weighted by molar-refractivity contribution is 0.487. The average Bonchev–Trinajstić information content (AvgIpc) is 3.51. The number of hydrogen-bond donors (Lipinski definition) is 0. The van der Waals surface area contributed by atoms with Crippen molar-refractivity contribution in [3.05, 3.63) is 216 Å². The van der Waals surface area contributed by atoms with Crippen LogP contribution in [0.4, 0.5) is 0 Å². The number of benzene rings is 9. The molecule has 1 heteroatoms. The zero-order chi connectivity index (χ0) is 34.2. The van der Waals surface area contributed by atoms with Crippen LogP contribution in [0, 0.1) is 0 Å². The molecule has 0 unspecified atom stereocenters. The van der Waals surface area contributed by atoms with Gasteiger partial charge >= 0.3 is 0 Å². The summed E-state index contributed by atoms with van der Waals surface area (Å²) in [6.07, 6.45) is 0. The monoisotopic (exact) mass is 660 g/mol. The average molecular weight is 661 g/mol. The van der Waals surface area contributed by atoms with Gasteiger partial charge in [-0.1, -0.05) is 170 Å². The molecule has 0 spiro atoms. The Kier molecular flexibility index (Phi) is 6.23. The largest absolute Gasteiger partial charge is 0.456 e. The Hall–Kier alpha value is -6.70. The highest BCUT2D eigenvalue weighted by Crippen LogP contribution is 2.57. The van der Waals surface area contributed by atoms with Crippen LogP contribution in [0.25, 0.3) is 66.1 Å². The van der Waals surface area contributed by atoms with Gasteiger partial charge in [0.25, 0.3) is 0 Å². The van der Waals surface area contributed by atoms with E-state index in [2.05, 4.69) is 194 Å². The van der Waals surface area contributed by atoms with E-state index in [9.17, 15) is 0 Å². The maximum atomic E-state index is 6.45. The van der Waals surface area contributed by atoms with Gasteiger partial charge in [0.05, 0.1) is 5.41 Å². The van der Waals surface area contributed by atoms with Crippen molar-refractivity contribution in [3.8, 4) is 56.0 Å². The Labute approximate surface area is 303 Å². The molecule has 1 aliphatic heterocycles. The van der Waals surface area contributed by atoms with Gasteiger partial charge < -0.3 is 4.74 Å². The molecule has 0 radical (unpaired) electrons. The molecule has 1 aliphatic carbocycles. The third kappa shape index (κ3) is 4.05. The summed E-state index contributed by atoms with van der Waals surface area (Å²) in [7, 11) is 0. The molecule has 0 aromatic heterocycles. The molecule has 52 heavy (non-hydrogen) atoms. The Balaban J connectivity index is 1.10. The molecule has 0 atom stereocenters. The van der Waals surface area contributed by atoms with Crippen LogP contribution in [-0.2, 0) is 5.41 Å². The molecule has 2 aliphatic rings. The van der Waals surface area contributed by atoms with E-state index in [0.29, 0.717) is 0 Å². The van der Waals surface area contributed by atoms with Crippen molar-refractivity contribution in [1.29, 1.82) is 0 Å². The quantitative estimate of drug-likeness (QED) is 0.183. The third-order valence-electron chi connectivity index (χ3n) is 11.4. The molecular formula is C51H32O. The molecule has 0 N–H and O–H groups in total. The molecule has 9 aromatic rings. The van der Waals surface area contributed by atoms with E-state index in [1.165, 1.54) is 82.7 Å². The van der Waals surface area contributed by atoms with Crippen LogP contribution >= 0.6 is 0 Å². The second kappa shape index (κ2) is 11.2. The molecule has 1 nitrogen and oxygen atoms in total. The van der Waals surface area contributed by atoms with Crippen molar-refractivity contribution in [1.82, 2.24) is 0 Å². The maximum Gasteiger partial charge on any atom is 0.135 e. The minimum absolute atomic E-state index is 0.438. The molecule has 9 aromatic carbocycles. The second-order valence-corrected chi connectivity index (χ2v) is 14.0. The standard InChI is InChI=1S/C51H32O/c1-3-15-36(16-4-1)51(37-17-5-2-6-18-37)46-23-10-9-21-42(46)43-27-25-35(32-47(43)51)39-29-28-38(40-19-7-8-20-41(39)40)34-26-30-48-45(31-34)44-22-11-13-33-14-12-24-49(52-48)50(33)44/h1-32H. The van der Waals surface area contributed by atoms with Gasteiger partial charge in [-0.2, -0.15) is 0 Å². The van der Waals surface area contributed by atoms with Crippen molar-refractivity contribution in [2.24, 2.45) is 0 Å².